The number of amides is 2. The topological polar surface area (TPSA) is 49.4 Å². The van der Waals surface area contributed by atoms with E-state index in [1.54, 1.807) is 17.0 Å². The van der Waals surface area contributed by atoms with Crippen molar-refractivity contribution in [1.82, 2.24) is 10.2 Å². The zero-order chi connectivity index (χ0) is 28.6. The highest BCUT2D eigenvalue weighted by molar-refractivity contribution is 6.35. The highest BCUT2D eigenvalue weighted by Crippen LogP contribution is 2.26. The van der Waals surface area contributed by atoms with E-state index < -0.39 is 6.04 Å². The first-order chi connectivity index (χ1) is 18.5. The highest BCUT2D eigenvalue weighted by atomic mass is 35.5. The fourth-order valence-corrected chi connectivity index (χ4v) is 4.86. The van der Waals surface area contributed by atoms with E-state index in [-0.39, 0.29) is 36.2 Å². The maximum atomic E-state index is 13.9. The van der Waals surface area contributed by atoms with Gasteiger partial charge in [-0.15, -0.1) is 0 Å². The van der Waals surface area contributed by atoms with Crippen LogP contribution in [0.1, 0.15) is 69.7 Å². The van der Waals surface area contributed by atoms with E-state index in [9.17, 15) is 9.59 Å². The van der Waals surface area contributed by atoms with Crippen LogP contribution in [0.4, 0.5) is 0 Å². The van der Waals surface area contributed by atoms with Gasteiger partial charge in [0.05, 0.1) is 0 Å². The Kier molecular flexibility index (Phi) is 11.0. The quantitative estimate of drug-likeness (QED) is 0.257. The average Bonchev–Trinajstić information content (AvgIpc) is 2.90. The van der Waals surface area contributed by atoms with E-state index in [1.807, 2.05) is 50.2 Å². The Hall–Kier alpha value is -2.82. The number of nitrogens with one attached hydrogen (secondary N) is 1. The summed E-state index contributed by atoms with van der Waals surface area (Å²) in [6.45, 7) is 10.8. The van der Waals surface area contributed by atoms with Crippen LogP contribution in [0, 0.1) is 0 Å². The molecule has 0 fully saturated rings. The summed E-state index contributed by atoms with van der Waals surface area (Å²) in [4.78, 5) is 29.2. The minimum absolute atomic E-state index is 0.00632. The number of rotatable bonds is 11. The van der Waals surface area contributed by atoms with E-state index in [0.717, 1.165) is 23.1 Å². The summed E-state index contributed by atoms with van der Waals surface area (Å²) in [7, 11) is 0. The SMILES string of the molecule is CC[C@@H](C)NC(=O)[C@H](Cc1ccccc1)N(Cc1ccc(Cl)cc1Cl)C(=O)CCc1ccc(C(C)(C)C)cc1. The minimum Gasteiger partial charge on any atom is -0.352 e. The molecule has 2 amide bonds. The van der Waals surface area contributed by atoms with Crippen LogP contribution >= 0.6 is 23.2 Å². The fraction of sp³-hybridized carbons (Fsp3) is 0.394. The normalized spacial score (nSPS) is 13.0. The van der Waals surface area contributed by atoms with Crippen LogP contribution in [-0.4, -0.2) is 28.8 Å². The molecule has 3 aromatic rings. The molecule has 0 unspecified atom stereocenters. The van der Waals surface area contributed by atoms with E-state index in [1.165, 1.54) is 5.56 Å². The number of carbonyl (C=O) groups is 2. The van der Waals surface area contributed by atoms with Gasteiger partial charge in [0, 0.05) is 35.5 Å². The number of benzene rings is 3. The van der Waals surface area contributed by atoms with Gasteiger partial charge in [0.2, 0.25) is 11.8 Å². The molecule has 6 heteroatoms. The van der Waals surface area contributed by atoms with Crippen molar-refractivity contribution in [3.05, 3.63) is 105 Å². The van der Waals surface area contributed by atoms with Crippen molar-refractivity contribution < 1.29 is 9.59 Å². The third-order valence-corrected chi connectivity index (χ3v) is 7.66. The number of nitrogens with zero attached hydrogens (tertiary/aromatic N) is 1. The van der Waals surface area contributed by atoms with Gasteiger partial charge in [-0.25, -0.2) is 0 Å². The van der Waals surface area contributed by atoms with Crippen molar-refractivity contribution in [2.45, 2.75) is 84.3 Å². The van der Waals surface area contributed by atoms with Gasteiger partial charge >= 0.3 is 0 Å². The van der Waals surface area contributed by atoms with Crippen molar-refractivity contribution in [3.8, 4) is 0 Å². The molecule has 4 nitrogen and oxygen atoms in total. The molecular weight excluding hydrogens is 527 g/mol. The van der Waals surface area contributed by atoms with Crippen LogP contribution in [0.15, 0.2) is 72.8 Å². The monoisotopic (exact) mass is 566 g/mol. The molecule has 0 saturated carbocycles. The second-order valence-electron chi connectivity index (χ2n) is 11.2. The molecule has 0 aromatic heterocycles. The van der Waals surface area contributed by atoms with Crippen LogP contribution in [0.25, 0.3) is 0 Å². The first-order valence-corrected chi connectivity index (χ1v) is 14.4. The van der Waals surface area contributed by atoms with Crippen molar-refractivity contribution in [2.24, 2.45) is 0 Å². The molecule has 208 valence electrons. The summed E-state index contributed by atoms with van der Waals surface area (Å²) in [5.41, 5.74) is 4.14. The van der Waals surface area contributed by atoms with Crippen LogP contribution in [0.2, 0.25) is 10.0 Å². The lowest BCUT2D eigenvalue weighted by Crippen LogP contribution is -2.52. The van der Waals surface area contributed by atoms with Crippen LogP contribution in [0.3, 0.4) is 0 Å². The fourth-order valence-electron chi connectivity index (χ4n) is 4.39. The first-order valence-electron chi connectivity index (χ1n) is 13.6. The molecule has 3 aromatic carbocycles. The summed E-state index contributed by atoms with van der Waals surface area (Å²) in [6, 6.07) is 22.8. The van der Waals surface area contributed by atoms with Crippen molar-refractivity contribution >= 4 is 35.0 Å². The average molecular weight is 568 g/mol. The Morgan fingerprint density at radius 1 is 0.923 bits per heavy atom. The van der Waals surface area contributed by atoms with E-state index in [4.69, 9.17) is 23.2 Å². The first kappa shape index (κ1) is 30.7. The molecule has 0 aliphatic heterocycles. The molecule has 0 aliphatic carbocycles. The summed E-state index contributed by atoms with van der Waals surface area (Å²) in [6.07, 6.45) is 2.06. The predicted octanol–water partition coefficient (Wildman–Crippen LogP) is 7.78. The molecule has 2 atom stereocenters. The third kappa shape index (κ3) is 9.12. The molecule has 0 spiro atoms. The van der Waals surface area contributed by atoms with Gasteiger partial charge in [-0.1, -0.05) is 112 Å². The van der Waals surface area contributed by atoms with Crippen LogP contribution in [-0.2, 0) is 34.4 Å². The molecule has 3 rings (SSSR count). The molecule has 0 aliphatic rings. The molecule has 0 heterocycles. The Labute approximate surface area is 243 Å². The zero-order valence-corrected chi connectivity index (χ0v) is 25.1. The number of hydrogen-bond donors (Lipinski definition) is 1. The molecular formula is C33H40Cl2N2O2. The van der Waals surface area contributed by atoms with E-state index in [2.05, 4.69) is 50.4 Å². The van der Waals surface area contributed by atoms with Crippen molar-refractivity contribution in [3.63, 3.8) is 0 Å². The number of carbonyl (C=O) groups excluding carboxylic acids is 2. The maximum Gasteiger partial charge on any atom is 0.243 e. The Morgan fingerprint density at radius 3 is 2.18 bits per heavy atom. The number of halogens is 2. The van der Waals surface area contributed by atoms with Gasteiger partial charge in [0.1, 0.15) is 6.04 Å². The molecule has 39 heavy (non-hydrogen) atoms. The Balaban J connectivity index is 1.92. The Bertz CT molecular complexity index is 1240. The zero-order valence-electron chi connectivity index (χ0n) is 23.6. The van der Waals surface area contributed by atoms with Crippen molar-refractivity contribution in [1.29, 1.82) is 0 Å². The Morgan fingerprint density at radius 2 is 1.59 bits per heavy atom. The summed E-state index contributed by atoms with van der Waals surface area (Å²) >= 11 is 12.7. The second-order valence-corrected chi connectivity index (χ2v) is 12.1. The lowest BCUT2D eigenvalue weighted by atomic mass is 9.86. The third-order valence-electron chi connectivity index (χ3n) is 7.08. The van der Waals surface area contributed by atoms with E-state index in [0.29, 0.717) is 22.9 Å². The van der Waals surface area contributed by atoms with Gasteiger partial charge < -0.3 is 10.2 Å². The summed E-state index contributed by atoms with van der Waals surface area (Å²) in [5.74, 6) is -0.262. The molecule has 1 N–H and O–H groups in total. The molecule has 0 bridgehead atoms. The van der Waals surface area contributed by atoms with Crippen LogP contribution < -0.4 is 5.32 Å². The van der Waals surface area contributed by atoms with Gasteiger partial charge in [-0.05, 0) is 59.6 Å². The smallest absolute Gasteiger partial charge is 0.243 e. The standard InChI is InChI=1S/C33H40Cl2N2O2/c1-6-23(2)36-32(39)30(20-25-10-8-7-9-11-25)37(22-26-15-18-28(34)21-29(26)35)31(38)19-14-24-12-16-27(17-13-24)33(3,4)5/h7-13,15-18,21,23,30H,6,14,19-20,22H2,1-5H3,(H,36,39)/t23-,30+/m1/s1. The lowest BCUT2D eigenvalue weighted by Gasteiger charge is -2.32. The predicted molar refractivity (Wildman–Crippen MR) is 162 cm³/mol. The lowest BCUT2D eigenvalue weighted by molar-refractivity contribution is -0.141. The van der Waals surface area contributed by atoms with E-state index >= 15 is 0 Å². The summed E-state index contributed by atoms with van der Waals surface area (Å²) in [5, 5.41) is 4.10. The van der Waals surface area contributed by atoms with Crippen molar-refractivity contribution in [2.75, 3.05) is 0 Å². The maximum absolute atomic E-state index is 13.9. The van der Waals surface area contributed by atoms with Crippen LogP contribution in [0.5, 0.6) is 0 Å². The minimum atomic E-state index is -0.691. The van der Waals surface area contributed by atoms with Gasteiger partial charge in [0.15, 0.2) is 0 Å². The number of aryl methyl sites for hydroxylation is 1. The molecule has 0 saturated heterocycles. The highest BCUT2D eigenvalue weighted by Gasteiger charge is 2.31. The molecule has 0 radical (unpaired) electrons. The van der Waals surface area contributed by atoms with Gasteiger partial charge in [-0.3, -0.25) is 9.59 Å². The summed E-state index contributed by atoms with van der Waals surface area (Å²) < 4.78 is 0. The van der Waals surface area contributed by atoms with Gasteiger partial charge in [-0.2, -0.15) is 0 Å². The van der Waals surface area contributed by atoms with Gasteiger partial charge in [0.25, 0.3) is 0 Å². The second kappa shape index (κ2) is 14.0. The largest absolute Gasteiger partial charge is 0.352 e. The number of hydrogen-bond acceptors (Lipinski definition) is 2.